The van der Waals surface area contributed by atoms with Crippen LogP contribution in [0.25, 0.3) is 0 Å². The highest BCUT2D eigenvalue weighted by molar-refractivity contribution is 5.70. The molecular weight excluding hydrogens is 415 g/mol. The number of carbonyl (C=O) groups is 1. The van der Waals surface area contributed by atoms with Crippen LogP contribution in [-0.2, 0) is 19.7 Å². The molecule has 0 aliphatic rings. The largest absolute Gasteiger partial charge is 0.481 e. The SMILES string of the molecule is CCO[C@@H](c1ccc(C(C)(COC)CC(=O)O)cc1Nc1cnc(C)nc1)C(F)(F)F. The van der Waals surface area contributed by atoms with Crippen molar-refractivity contribution in [1.29, 1.82) is 0 Å². The van der Waals surface area contributed by atoms with Crippen molar-refractivity contribution >= 4 is 17.3 Å². The third kappa shape index (κ3) is 6.38. The van der Waals surface area contributed by atoms with E-state index in [1.54, 1.807) is 13.8 Å². The Kier molecular flexibility index (Phi) is 7.96. The van der Waals surface area contributed by atoms with E-state index in [0.29, 0.717) is 17.1 Å². The van der Waals surface area contributed by atoms with E-state index in [0.717, 1.165) is 0 Å². The average molecular weight is 441 g/mol. The zero-order valence-electron chi connectivity index (χ0n) is 17.8. The van der Waals surface area contributed by atoms with Gasteiger partial charge in [-0.2, -0.15) is 13.2 Å². The van der Waals surface area contributed by atoms with Gasteiger partial charge < -0.3 is 19.9 Å². The second-order valence-electron chi connectivity index (χ2n) is 7.39. The molecule has 0 amide bonds. The molecule has 1 aromatic carbocycles. The summed E-state index contributed by atoms with van der Waals surface area (Å²) in [5.41, 5.74) is -0.0812. The lowest BCUT2D eigenvalue weighted by Gasteiger charge is -2.30. The predicted molar refractivity (Wildman–Crippen MR) is 108 cm³/mol. The van der Waals surface area contributed by atoms with E-state index < -0.39 is 23.7 Å². The molecule has 1 heterocycles. The summed E-state index contributed by atoms with van der Waals surface area (Å²) in [5.74, 6) is -0.538. The van der Waals surface area contributed by atoms with Crippen molar-refractivity contribution in [3.63, 3.8) is 0 Å². The molecule has 0 aliphatic carbocycles. The monoisotopic (exact) mass is 441 g/mol. The van der Waals surface area contributed by atoms with Gasteiger partial charge in [-0.15, -0.1) is 0 Å². The van der Waals surface area contributed by atoms with Gasteiger partial charge in [0.15, 0.2) is 6.10 Å². The molecule has 1 aromatic heterocycles. The second-order valence-corrected chi connectivity index (χ2v) is 7.39. The van der Waals surface area contributed by atoms with Crippen molar-refractivity contribution in [2.45, 2.75) is 44.9 Å². The Labute approximate surface area is 178 Å². The number of hydrogen-bond donors (Lipinski definition) is 2. The van der Waals surface area contributed by atoms with Crippen LogP contribution in [0.5, 0.6) is 0 Å². The standard InChI is InChI=1S/C21H26F3N3O4/c1-5-31-19(21(22,23)24)16-7-6-14(20(3,12-30-4)9-18(28)29)8-17(16)27-15-10-25-13(2)26-11-15/h6-8,10-11,19,27H,5,9,12H2,1-4H3,(H,28,29)/t19-,20?/m0/s1. The maximum atomic E-state index is 13.7. The number of aryl methyl sites for hydroxylation is 1. The number of nitrogens with zero attached hydrogens (tertiary/aromatic N) is 2. The average Bonchev–Trinajstić information content (AvgIpc) is 2.67. The minimum absolute atomic E-state index is 0.0693. The smallest absolute Gasteiger partial charge is 0.418 e. The molecule has 0 bridgehead atoms. The van der Waals surface area contributed by atoms with E-state index in [9.17, 15) is 23.1 Å². The first kappa shape index (κ1) is 24.5. The van der Waals surface area contributed by atoms with Crippen molar-refractivity contribution in [3.05, 3.63) is 47.5 Å². The van der Waals surface area contributed by atoms with E-state index >= 15 is 0 Å². The van der Waals surface area contributed by atoms with Gasteiger partial charge in [-0.1, -0.05) is 19.1 Å². The van der Waals surface area contributed by atoms with E-state index in [-0.39, 0.29) is 30.9 Å². The van der Waals surface area contributed by atoms with E-state index in [1.165, 1.54) is 44.6 Å². The van der Waals surface area contributed by atoms with Crippen molar-refractivity contribution in [2.24, 2.45) is 0 Å². The third-order valence-electron chi connectivity index (χ3n) is 4.73. The molecule has 1 unspecified atom stereocenters. The number of carboxylic acids is 1. The second kappa shape index (κ2) is 10.1. The van der Waals surface area contributed by atoms with E-state index in [1.807, 2.05) is 0 Å². The molecule has 0 aliphatic heterocycles. The van der Waals surface area contributed by atoms with Crippen LogP contribution in [-0.4, -0.2) is 47.5 Å². The van der Waals surface area contributed by atoms with E-state index in [4.69, 9.17) is 9.47 Å². The zero-order valence-corrected chi connectivity index (χ0v) is 17.8. The molecule has 0 radical (unpaired) electrons. The van der Waals surface area contributed by atoms with Crippen LogP contribution in [0.1, 0.15) is 43.3 Å². The molecule has 0 fully saturated rings. The van der Waals surface area contributed by atoms with Gasteiger partial charge >= 0.3 is 12.1 Å². The van der Waals surface area contributed by atoms with Crippen LogP contribution in [0.2, 0.25) is 0 Å². The minimum atomic E-state index is -4.64. The zero-order chi connectivity index (χ0) is 23.2. The number of aliphatic carboxylic acids is 1. The summed E-state index contributed by atoms with van der Waals surface area (Å²) >= 11 is 0. The van der Waals surface area contributed by atoms with Gasteiger partial charge in [0.25, 0.3) is 0 Å². The number of aromatic nitrogens is 2. The molecule has 7 nitrogen and oxygen atoms in total. The number of methoxy groups -OCH3 is 1. The van der Waals surface area contributed by atoms with Crippen LogP contribution in [0.3, 0.4) is 0 Å². The molecule has 0 saturated carbocycles. The Balaban J connectivity index is 2.62. The fourth-order valence-electron chi connectivity index (χ4n) is 3.30. The third-order valence-corrected chi connectivity index (χ3v) is 4.73. The highest BCUT2D eigenvalue weighted by Crippen LogP contribution is 2.42. The first-order chi connectivity index (χ1) is 14.5. The molecule has 2 aromatic rings. The van der Waals surface area contributed by atoms with Gasteiger partial charge in [0, 0.05) is 30.4 Å². The first-order valence-corrected chi connectivity index (χ1v) is 9.59. The summed E-state index contributed by atoms with van der Waals surface area (Å²) in [6.45, 7) is 4.78. The Bertz CT molecular complexity index is 890. The Morgan fingerprint density at radius 2 is 1.90 bits per heavy atom. The van der Waals surface area contributed by atoms with Crippen LogP contribution in [0, 0.1) is 6.92 Å². The van der Waals surface area contributed by atoms with Gasteiger partial charge in [-0.3, -0.25) is 4.79 Å². The lowest BCUT2D eigenvalue weighted by atomic mass is 9.79. The molecule has 0 saturated heterocycles. The molecular formula is C21H26F3N3O4. The summed E-state index contributed by atoms with van der Waals surface area (Å²) < 4.78 is 51.4. The number of hydrogen-bond acceptors (Lipinski definition) is 6. The summed E-state index contributed by atoms with van der Waals surface area (Å²) in [4.78, 5) is 19.5. The number of halogens is 3. The Morgan fingerprint density at radius 3 is 2.42 bits per heavy atom. The number of alkyl halides is 3. The van der Waals surface area contributed by atoms with Crippen molar-refractivity contribution in [2.75, 3.05) is 25.6 Å². The number of nitrogens with one attached hydrogen (secondary N) is 1. The summed E-state index contributed by atoms with van der Waals surface area (Å²) in [6.07, 6.45) is -4.16. The summed E-state index contributed by atoms with van der Waals surface area (Å²) in [5, 5.41) is 12.3. The highest BCUT2D eigenvalue weighted by atomic mass is 19.4. The van der Waals surface area contributed by atoms with Crippen LogP contribution in [0.15, 0.2) is 30.6 Å². The number of ether oxygens (including phenoxy) is 2. The predicted octanol–water partition coefficient (Wildman–Crippen LogP) is 4.55. The molecule has 0 spiro atoms. The Morgan fingerprint density at radius 1 is 1.26 bits per heavy atom. The van der Waals surface area contributed by atoms with Gasteiger partial charge in [0.2, 0.25) is 0 Å². The van der Waals surface area contributed by atoms with Crippen molar-refractivity contribution in [1.82, 2.24) is 9.97 Å². The number of benzene rings is 1. The maximum Gasteiger partial charge on any atom is 0.418 e. The van der Waals surface area contributed by atoms with Gasteiger partial charge in [0.05, 0.1) is 31.1 Å². The van der Waals surface area contributed by atoms with Crippen LogP contribution < -0.4 is 5.32 Å². The van der Waals surface area contributed by atoms with Crippen molar-refractivity contribution in [3.8, 4) is 0 Å². The number of rotatable bonds is 10. The first-order valence-electron chi connectivity index (χ1n) is 9.59. The summed E-state index contributed by atoms with van der Waals surface area (Å²) in [6, 6.07) is 4.27. The molecule has 2 N–H and O–H groups in total. The lowest BCUT2D eigenvalue weighted by Crippen LogP contribution is -2.31. The Hall–Kier alpha value is -2.72. The van der Waals surface area contributed by atoms with Crippen LogP contribution in [0.4, 0.5) is 24.5 Å². The highest BCUT2D eigenvalue weighted by Gasteiger charge is 2.43. The number of carboxylic acid groups (broad SMARTS) is 1. The molecule has 170 valence electrons. The number of anilines is 2. The molecule has 10 heteroatoms. The fraction of sp³-hybridized carbons (Fsp3) is 0.476. The minimum Gasteiger partial charge on any atom is -0.481 e. The van der Waals surface area contributed by atoms with Gasteiger partial charge in [-0.25, -0.2) is 9.97 Å². The van der Waals surface area contributed by atoms with Gasteiger partial charge in [0.1, 0.15) is 5.82 Å². The van der Waals surface area contributed by atoms with Crippen LogP contribution >= 0.6 is 0 Å². The van der Waals surface area contributed by atoms with Crippen molar-refractivity contribution < 1.29 is 32.5 Å². The maximum absolute atomic E-state index is 13.7. The lowest BCUT2D eigenvalue weighted by molar-refractivity contribution is -0.222. The summed E-state index contributed by atoms with van der Waals surface area (Å²) in [7, 11) is 1.44. The normalized spacial score (nSPS) is 14.7. The van der Waals surface area contributed by atoms with E-state index in [2.05, 4.69) is 15.3 Å². The quantitative estimate of drug-likeness (QED) is 0.559. The fourth-order valence-corrected chi connectivity index (χ4v) is 3.30. The topological polar surface area (TPSA) is 93.6 Å². The van der Waals surface area contributed by atoms with Gasteiger partial charge in [-0.05, 0) is 25.5 Å². The molecule has 31 heavy (non-hydrogen) atoms. The molecule has 2 rings (SSSR count). The molecule has 2 atom stereocenters.